The summed E-state index contributed by atoms with van der Waals surface area (Å²) in [6, 6.07) is 14.4. The van der Waals surface area contributed by atoms with Crippen LogP contribution in [-0.2, 0) is 22.7 Å². The van der Waals surface area contributed by atoms with Gasteiger partial charge in [-0.3, -0.25) is 19.6 Å². The van der Waals surface area contributed by atoms with Crippen molar-refractivity contribution in [1.82, 2.24) is 14.9 Å². The molecule has 8 N–H and O–H groups in total. The lowest BCUT2D eigenvalue weighted by atomic mass is 9.93. The average Bonchev–Trinajstić information content (AvgIpc) is 2.87. The Bertz CT molecular complexity index is 1440. The number of carbonyl (C=O) groups excluding carboxylic acids is 1. The third-order valence-corrected chi connectivity index (χ3v) is 5.96. The maximum atomic E-state index is 13.3. The van der Waals surface area contributed by atoms with E-state index in [1.807, 2.05) is 6.07 Å². The minimum absolute atomic E-state index is 0.0121. The van der Waals surface area contributed by atoms with Crippen molar-refractivity contribution in [3.05, 3.63) is 76.2 Å². The van der Waals surface area contributed by atoms with Crippen molar-refractivity contribution in [2.24, 2.45) is 5.73 Å². The Kier molecular flexibility index (Phi) is 9.48. The number of rotatable bonds is 8. The molecule has 1 saturated carbocycles. The van der Waals surface area contributed by atoms with E-state index in [-0.39, 0.29) is 36.4 Å². The van der Waals surface area contributed by atoms with E-state index in [0.29, 0.717) is 28.3 Å². The smallest absolute Gasteiger partial charge is 0.475 e. The fraction of sp³-hybridized carbons (Fsp3) is 0.269. The van der Waals surface area contributed by atoms with Crippen LogP contribution in [0.2, 0.25) is 0 Å². The molecule has 0 saturated heterocycles. The van der Waals surface area contributed by atoms with Crippen LogP contribution in [0.3, 0.4) is 0 Å². The molecule has 1 aliphatic rings. The summed E-state index contributed by atoms with van der Waals surface area (Å²) in [4.78, 5) is 39.4. The first kappa shape index (κ1) is 29.7. The van der Waals surface area contributed by atoms with Gasteiger partial charge >= 0.3 is 12.1 Å². The lowest BCUT2D eigenvalue weighted by molar-refractivity contribution is -0.192. The van der Waals surface area contributed by atoms with Crippen LogP contribution in [0.1, 0.15) is 30.4 Å². The van der Waals surface area contributed by atoms with E-state index in [4.69, 9.17) is 26.8 Å². The number of carbonyl (C=O) groups is 2. The maximum absolute atomic E-state index is 13.3. The highest BCUT2D eigenvalue weighted by Crippen LogP contribution is 2.23. The summed E-state index contributed by atoms with van der Waals surface area (Å²) in [7, 11) is 0. The van der Waals surface area contributed by atoms with E-state index in [1.54, 1.807) is 42.5 Å². The van der Waals surface area contributed by atoms with Crippen LogP contribution in [0.25, 0.3) is 11.4 Å². The SMILES string of the molecule is N=C(N)c1ccc(CNC(=O)Cn2c(-c3cccc(N)c3)ncc(NC3CCC3)c2=O)cc1.O=C(O)C(F)(F)F. The molecule has 0 atom stereocenters. The molecule has 0 aliphatic heterocycles. The first-order valence-electron chi connectivity index (χ1n) is 12.1. The number of anilines is 2. The Hall–Kier alpha value is -4.88. The molecule has 0 bridgehead atoms. The van der Waals surface area contributed by atoms with Crippen LogP contribution >= 0.6 is 0 Å². The molecule has 0 radical (unpaired) electrons. The van der Waals surface area contributed by atoms with Crippen molar-refractivity contribution < 1.29 is 27.9 Å². The van der Waals surface area contributed by atoms with Gasteiger partial charge in [-0.15, -0.1) is 0 Å². The molecular formula is C26H28F3N7O4. The van der Waals surface area contributed by atoms with E-state index in [9.17, 15) is 22.8 Å². The number of aliphatic carboxylic acids is 1. The summed E-state index contributed by atoms with van der Waals surface area (Å²) in [6.45, 7) is 0.106. The van der Waals surface area contributed by atoms with Gasteiger partial charge in [-0.1, -0.05) is 36.4 Å². The van der Waals surface area contributed by atoms with E-state index in [2.05, 4.69) is 15.6 Å². The molecule has 1 amide bonds. The van der Waals surface area contributed by atoms with Gasteiger partial charge in [0.25, 0.3) is 5.56 Å². The van der Waals surface area contributed by atoms with Gasteiger partial charge in [0.2, 0.25) is 5.91 Å². The molecule has 1 heterocycles. The monoisotopic (exact) mass is 559 g/mol. The lowest BCUT2D eigenvalue weighted by Gasteiger charge is -2.27. The maximum Gasteiger partial charge on any atom is 0.490 e. The highest BCUT2D eigenvalue weighted by molar-refractivity contribution is 5.94. The minimum atomic E-state index is -5.08. The molecule has 1 aliphatic carbocycles. The van der Waals surface area contributed by atoms with Gasteiger partial charge in [-0.25, -0.2) is 9.78 Å². The second-order valence-electron chi connectivity index (χ2n) is 8.97. The molecule has 1 fully saturated rings. The van der Waals surface area contributed by atoms with Crippen molar-refractivity contribution in [3.63, 3.8) is 0 Å². The lowest BCUT2D eigenvalue weighted by Crippen LogP contribution is -2.36. The van der Waals surface area contributed by atoms with E-state index < -0.39 is 12.1 Å². The summed E-state index contributed by atoms with van der Waals surface area (Å²) in [6.07, 6.45) is -0.390. The quantitative estimate of drug-likeness (QED) is 0.138. The van der Waals surface area contributed by atoms with Gasteiger partial charge in [0.05, 0.1) is 6.20 Å². The molecule has 1 aromatic heterocycles. The molecule has 0 spiro atoms. The number of nitrogens with one attached hydrogen (secondary N) is 3. The van der Waals surface area contributed by atoms with E-state index in [1.165, 1.54) is 10.8 Å². The molecule has 0 unspecified atom stereocenters. The third-order valence-electron chi connectivity index (χ3n) is 5.96. The van der Waals surface area contributed by atoms with Gasteiger partial charge in [-0.2, -0.15) is 13.2 Å². The summed E-state index contributed by atoms with van der Waals surface area (Å²) >= 11 is 0. The number of nitrogens with two attached hydrogens (primary N) is 2. The van der Waals surface area contributed by atoms with Gasteiger partial charge in [0.1, 0.15) is 23.9 Å². The fourth-order valence-corrected chi connectivity index (χ4v) is 3.62. The molecule has 2 aromatic carbocycles. The summed E-state index contributed by atoms with van der Waals surface area (Å²) in [5.41, 5.74) is 14.2. The Morgan fingerprint density at radius 2 is 1.80 bits per heavy atom. The number of carboxylic acids is 1. The number of benzene rings is 2. The molecule has 212 valence electrons. The summed E-state index contributed by atoms with van der Waals surface area (Å²) in [5, 5.41) is 20.7. The first-order chi connectivity index (χ1) is 18.8. The Morgan fingerprint density at radius 3 is 2.33 bits per heavy atom. The fourth-order valence-electron chi connectivity index (χ4n) is 3.62. The second kappa shape index (κ2) is 12.8. The van der Waals surface area contributed by atoms with Gasteiger partial charge in [0.15, 0.2) is 0 Å². The predicted octanol–water partition coefficient (Wildman–Crippen LogP) is 2.69. The van der Waals surface area contributed by atoms with Gasteiger partial charge < -0.3 is 27.2 Å². The standard InChI is InChI=1S/C24H27N7O2.C2HF3O2/c25-18-4-1-3-17(11-18)23-29-13-20(30-19-5-2-6-19)24(33)31(23)14-21(32)28-12-15-7-9-16(10-8-15)22(26)27;3-2(4,5)1(6)7/h1,3-4,7-11,13,19,30H,2,5-6,12,14,25H2,(H3,26,27)(H,28,32);(H,6,7). The topological polar surface area (TPSA) is 189 Å². The van der Waals surface area contributed by atoms with Crippen molar-refractivity contribution in [1.29, 1.82) is 5.41 Å². The minimum Gasteiger partial charge on any atom is -0.475 e. The zero-order valence-corrected chi connectivity index (χ0v) is 21.2. The van der Waals surface area contributed by atoms with Crippen molar-refractivity contribution in [2.75, 3.05) is 11.1 Å². The number of nitrogens with zero attached hydrogens (tertiary/aromatic N) is 2. The highest BCUT2D eigenvalue weighted by atomic mass is 19.4. The molecule has 14 heteroatoms. The normalized spacial score (nSPS) is 12.9. The third kappa shape index (κ3) is 8.06. The number of amidine groups is 1. The number of amides is 1. The van der Waals surface area contributed by atoms with Crippen molar-refractivity contribution >= 4 is 29.1 Å². The number of hydrogen-bond donors (Lipinski definition) is 6. The van der Waals surface area contributed by atoms with Crippen LogP contribution < -0.4 is 27.7 Å². The van der Waals surface area contributed by atoms with E-state index in [0.717, 1.165) is 24.8 Å². The average molecular weight is 560 g/mol. The Balaban J connectivity index is 0.000000559. The van der Waals surface area contributed by atoms with Crippen LogP contribution in [0.15, 0.2) is 59.5 Å². The summed E-state index contributed by atoms with van der Waals surface area (Å²) in [5.74, 6) is -2.71. The number of hydrogen-bond acceptors (Lipinski definition) is 7. The van der Waals surface area contributed by atoms with Crippen LogP contribution in [-0.4, -0.2) is 44.6 Å². The van der Waals surface area contributed by atoms with Crippen LogP contribution in [0, 0.1) is 5.41 Å². The molecule has 3 aromatic rings. The highest BCUT2D eigenvalue weighted by Gasteiger charge is 2.38. The Morgan fingerprint density at radius 1 is 1.15 bits per heavy atom. The number of nitrogen functional groups attached to an aromatic ring is 2. The van der Waals surface area contributed by atoms with Crippen LogP contribution in [0.4, 0.5) is 24.5 Å². The molecule has 11 nitrogen and oxygen atoms in total. The Labute approximate surface area is 226 Å². The number of aromatic nitrogens is 2. The van der Waals surface area contributed by atoms with Crippen molar-refractivity contribution in [2.45, 2.75) is 44.6 Å². The largest absolute Gasteiger partial charge is 0.490 e. The van der Waals surface area contributed by atoms with Crippen molar-refractivity contribution in [3.8, 4) is 11.4 Å². The summed E-state index contributed by atoms with van der Waals surface area (Å²) < 4.78 is 33.1. The van der Waals surface area contributed by atoms with Gasteiger partial charge in [0, 0.05) is 29.4 Å². The van der Waals surface area contributed by atoms with E-state index >= 15 is 0 Å². The second-order valence-corrected chi connectivity index (χ2v) is 8.97. The zero-order chi connectivity index (χ0) is 29.4. The van der Waals surface area contributed by atoms with Gasteiger partial charge in [-0.05, 0) is 37.0 Å². The number of carboxylic acid groups (broad SMARTS) is 1. The number of alkyl halides is 3. The first-order valence-corrected chi connectivity index (χ1v) is 12.1. The molecule has 4 rings (SSSR count). The number of halogens is 3. The predicted molar refractivity (Wildman–Crippen MR) is 143 cm³/mol. The molecule has 40 heavy (non-hydrogen) atoms. The van der Waals surface area contributed by atoms with Crippen LogP contribution in [0.5, 0.6) is 0 Å². The zero-order valence-electron chi connectivity index (χ0n) is 21.2. The molecular weight excluding hydrogens is 531 g/mol.